The second-order valence-electron chi connectivity index (χ2n) is 6.33. The molecule has 122 valence electrons. The topological polar surface area (TPSA) is 35.6 Å². The van der Waals surface area contributed by atoms with Gasteiger partial charge in [0.1, 0.15) is 0 Å². The van der Waals surface area contributed by atoms with Gasteiger partial charge in [0.25, 0.3) is 0 Å². The van der Waals surface area contributed by atoms with E-state index in [1.54, 1.807) is 0 Å². The van der Waals surface area contributed by atoms with Crippen LogP contribution >= 0.6 is 0 Å². The normalized spacial score (nSPS) is 18.1. The van der Waals surface area contributed by atoms with Crippen LogP contribution in [0, 0.1) is 0 Å². The standard InChI is InChI=1S/C18H29N3O/c1-16(21-13-11-20(2)12-14-21)15-19-18(22)10-6-9-17-7-4-3-5-8-17/h3-5,7-8,16H,6,9-15H2,1-2H3,(H,19,22)/t16-/m0/s1. The molecule has 1 aliphatic heterocycles. The molecule has 1 aliphatic rings. The fourth-order valence-corrected chi connectivity index (χ4v) is 2.84. The van der Waals surface area contributed by atoms with Gasteiger partial charge in [0.2, 0.25) is 5.91 Å². The minimum absolute atomic E-state index is 0.178. The molecule has 4 heteroatoms. The lowest BCUT2D eigenvalue weighted by atomic mass is 10.1. The van der Waals surface area contributed by atoms with Crippen LogP contribution < -0.4 is 5.32 Å². The molecule has 0 aromatic heterocycles. The summed E-state index contributed by atoms with van der Waals surface area (Å²) in [5.74, 6) is 0.178. The first-order valence-corrected chi connectivity index (χ1v) is 8.38. The number of amides is 1. The van der Waals surface area contributed by atoms with Crippen LogP contribution in [0.1, 0.15) is 25.3 Å². The quantitative estimate of drug-likeness (QED) is 0.834. The number of benzene rings is 1. The summed E-state index contributed by atoms with van der Waals surface area (Å²) in [4.78, 5) is 16.7. The Kier molecular flexibility index (Phi) is 6.87. The molecular formula is C18H29N3O. The van der Waals surface area contributed by atoms with Gasteiger partial charge in [-0.1, -0.05) is 30.3 Å². The van der Waals surface area contributed by atoms with Crippen LogP contribution in [0.4, 0.5) is 0 Å². The van der Waals surface area contributed by atoms with Gasteiger partial charge in [0.05, 0.1) is 0 Å². The maximum Gasteiger partial charge on any atom is 0.220 e. The van der Waals surface area contributed by atoms with Gasteiger partial charge < -0.3 is 10.2 Å². The van der Waals surface area contributed by atoms with E-state index in [0.717, 1.165) is 45.6 Å². The summed E-state index contributed by atoms with van der Waals surface area (Å²) in [7, 11) is 2.16. The first-order valence-electron chi connectivity index (χ1n) is 8.38. The van der Waals surface area contributed by atoms with E-state index in [2.05, 4.69) is 41.2 Å². The zero-order valence-corrected chi connectivity index (χ0v) is 13.9. The highest BCUT2D eigenvalue weighted by atomic mass is 16.1. The summed E-state index contributed by atoms with van der Waals surface area (Å²) in [6.07, 6.45) is 2.51. The second kappa shape index (κ2) is 8.91. The molecule has 0 spiro atoms. The molecule has 2 rings (SSSR count). The van der Waals surface area contributed by atoms with Crippen molar-refractivity contribution in [3.8, 4) is 0 Å². The van der Waals surface area contributed by atoms with Crippen molar-refractivity contribution >= 4 is 5.91 Å². The fraction of sp³-hybridized carbons (Fsp3) is 0.611. The van der Waals surface area contributed by atoms with E-state index in [4.69, 9.17) is 0 Å². The molecule has 1 aromatic carbocycles. The van der Waals surface area contributed by atoms with E-state index in [1.165, 1.54) is 5.56 Å². The molecule has 1 atom stereocenters. The molecule has 1 N–H and O–H groups in total. The Labute approximate surface area is 134 Å². The van der Waals surface area contributed by atoms with Crippen molar-refractivity contribution in [2.75, 3.05) is 39.8 Å². The summed E-state index contributed by atoms with van der Waals surface area (Å²) in [6, 6.07) is 10.8. The Hall–Kier alpha value is -1.39. The van der Waals surface area contributed by atoms with Crippen molar-refractivity contribution in [1.82, 2.24) is 15.1 Å². The van der Waals surface area contributed by atoms with E-state index in [-0.39, 0.29) is 5.91 Å². The van der Waals surface area contributed by atoms with Crippen molar-refractivity contribution in [2.24, 2.45) is 0 Å². The summed E-state index contributed by atoms with van der Waals surface area (Å²) in [5, 5.41) is 3.08. The second-order valence-corrected chi connectivity index (χ2v) is 6.33. The molecule has 1 heterocycles. The highest BCUT2D eigenvalue weighted by Crippen LogP contribution is 2.06. The lowest BCUT2D eigenvalue weighted by molar-refractivity contribution is -0.121. The van der Waals surface area contributed by atoms with Crippen LogP contribution in [-0.4, -0.2) is 61.5 Å². The van der Waals surface area contributed by atoms with Crippen molar-refractivity contribution in [3.63, 3.8) is 0 Å². The summed E-state index contributed by atoms with van der Waals surface area (Å²) < 4.78 is 0. The Bertz CT molecular complexity index is 441. The Morgan fingerprint density at radius 3 is 2.55 bits per heavy atom. The predicted octanol–water partition coefficient (Wildman–Crippen LogP) is 1.76. The van der Waals surface area contributed by atoms with Crippen LogP contribution in [0.25, 0.3) is 0 Å². The molecule has 1 fully saturated rings. The number of carbonyl (C=O) groups excluding carboxylic acids is 1. The van der Waals surface area contributed by atoms with E-state index < -0.39 is 0 Å². The number of carbonyl (C=O) groups is 1. The largest absolute Gasteiger partial charge is 0.355 e. The van der Waals surface area contributed by atoms with Crippen LogP contribution in [0.3, 0.4) is 0 Å². The first kappa shape index (κ1) is 17.0. The minimum Gasteiger partial charge on any atom is -0.355 e. The maximum atomic E-state index is 11.9. The molecule has 0 unspecified atom stereocenters. The van der Waals surface area contributed by atoms with Crippen molar-refractivity contribution in [3.05, 3.63) is 35.9 Å². The third-order valence-corrected chi connectivity index (χ3v) is 4.47. The van der Waals surface area contributed by atoms with Crippen molar-refractivity contribution in [1.29, 1.82) is 0 Å². The smallest absolute Gasteiger partial charge is 0.220 e. The number of piperazine rings is 1. The van der Waals surface area contributed by atoms with E-state index in [0.29, 0.717) is 12.5 Å². The molecule has 1 aromatic rings. The molecule has 1 amide bonds. The number of nitrogens with zero attached hydrogens (tertiary/aromatic N) is 2. The highest BCUT2D eigenvalue weighted by molar-refractivity contribution is 5.75. The third kappa shape index (κ3) is 5.78. The molecule has 0 bridgehead atoms. The van der Waals surface area contributed by atoms with Gasteiger partial charge in [-0.05, 0) is 32.4 Å². The van der Waals surface area contributed by atoms with E-state index in [9.17, 15) is 4.79 Å². The van der Waals surface area contributed by atoms with Gasteiger partial charge in [0, 0.05) is 45.2 Å². The van der Waals surface area contributed by atoms with Crippen LogP contribution in [0.5, 0.6) is 0 Å². The fourth-order valence-electron chi connectivity index (χ4n) is 2.84. The van der Waals surface area contributed by atoms with Gasteiger partial charge in [-0.25, -0.2) is 0 Å². The van der Waals surface area contributed by atoms with Crippen molar-refractivity contribution < 1.29 is 4.79 Å². The third-order valence-electron chi connectivity index (χ3n) is 4.47. The first-order chi connectivity index (χ1) is 10.6. The van der Waals surface area contributed by atoms with Crippen LogP contribution in [0.2, 0.25) is 0 Å². The number of likely N-dealkylation sites (N-methyl/N-ethyl adjacent to an activating group) is 1. The molecule has 0 saturated carbocycles. The van der Waals surface area contributed by atoms with Gasteiger partial charge in [-0.2, -0.15) is 0 Å². The van der Waals surface area contributed by atoms with Gasteiger partial charge in [-0.3, -0.25) is 9.69 Å². The van der Waals surface area contributed by atoms with Gasteiger partial charge in [-0.15, -0.1) is 0 Å². The summed E-state index contributed by atoms with van der Waals surface area (Å²) in [6.45, 7) is 7.40. The Morgan fingerprint density at radius 2 is 1.86 bits per heavy atom. The lowest BCUT2D eigenvalue weighted by Crippen LogP contribution is -2.51. The molecule has 4 nitrogen and oxygen atoms in total. The SMILES string of the molecule is C[C@@H](CNC(=O)CCCc1ccccc1)N1CCN(C)CC1. The lowest BCUT2D eigenvalue weighted by Gasteiger charge is -2.36. The number of hydrogen-bond acceptors (Lipinski definition) is 3. The van der Waals surface area contributed by atoms with Crippen LogP contribution in [-0.2, 0) is 11.2 Å². The van der Waals surface area contributed by atoms with E-state index >= 15 is 0 Å². The van der Waals surface area contributed by atoms with E-state index in [1.807, 2.05) is 18.2 Å². The number of rotatable bonds is 7. The number of hydrogen-bond donors (Lipinski definition) is 1. The number of nitrogens with one attached hydrogen (secondary N) is 1. The minimum atomic E-state index is 0.178. The molecule has 1 saturated heterocycles. The van der Waals surface area contributed by atoms with Gasteiger partial charge in [0.15, 0.2) is 0 Å². The van der Waals surface area contributed by atoms with Crippen molar-refractivity contribution in [2.45, 2.75) is 32.2 Å². The summed E-state index contributed by atoms with van der Waals surface area (Å²) in [5.41, 5.74) is 1.31. The summed E-state index contributed by atoms with van der Waals surface area (Å²) >= 11 is 0. The van der Waals surface area contributed by atoms with Crippen LogP contribution in [0.15, 0.2) is 30.3 Å². The molecule has 0 radical (unpaired) electrons. The number of aryl methyl sites for hydroxylation is 1. The average molecular weight is 303 g/mol. The molecular weight excluding hydrogens is 274 g/mol. The molecule has 0 aliphatic carbocycles. The monoisotopic (exact) mass is 303 g/mol. The predicted molar refractivity (Wildman–Crippen MR) is 90.9 cm³/mol. The maximum absolute atomic E-state index is 11.9. The Morgan fingerprint density at radius 1 is 1.18 bits per heavy atom. The Balaban J connectivity index is 1.59. The highest BCUT2D eigenvalue weighted by Gasteiger charge is 2.19. The van der Waals surface area contributed by atoms with Gasteiger partial charge >= 0.3 is 0 Å². The molecule has 22 heavy (non-hydrogen) atoms. The average Bonchev–Trinajstić information content (AvgIpc) is 2.54. The zero-order valence-electron chi connectivity index (χ0n) is 13.9. The zero-order chi connectivity index (χ0) is 15.8.